The molecular formula is C14H14N2O3. The molecule has 19 heavy (non-hydrogen) atoms. The fourth-order valence-electron chi connectivity index (χ4n) is 1.54. The SMILES string of the molecule is COC(=O)c1cc(Oc2ccc(C)nc2)ccc1N. The van der Waals surface area contributed by atoms with Crippen LogP contribution in [0.3, 0.4) is 0 Å². The molecule has 5 heteroatoms. The fourth-order valence-corrected chi connectivity index (χ4v) is 1.54. The second-order valence-electron chi connectivity index (χ2n) is 3.98. The van der Waals surface area contributed by atoms with Crippen molar-refractivity contribution in [1.29, 1.82) is 0 Å². The van der Waals surface area contributed by atoms with Crippen LogP contribution in [0.5, 0.6) is 11.5 Å². The lowest BCUT2D eigenvalue weighted by atomic mass is 10.2. The van der Waals surface area contributed by atoms with Gasteiger partial charge in [0.25, 0.3) is 0 Å². The van der Waals surface area contributed by atoms with Crippen molar-refractivity contribution in [2.75, 3.05) is 12.8 Å². The largest absolute Gasteiger partial charge is 0.465 e. The maximum absolute atomic E-state index is 11.5. The van der Waals surface area contributed by atoms with Crippen LogP contribution in [0, 0.1) is 6.92 Å². The van der Waals surface area contributed by atoms with Crippen molar-refractivity contribution in [2.24, 2.45) is 0 Å². The molecule has 0 saturated heterocycles. The Balaban J connectivity index is 2.26. The molecule has 0 fully saturated rings. The molecule has 0 aliphatic heterocycles. The molecule has 0 spiro atoms. The maximum Gasteiger partial charge on any atom is 0.340 e. The lowest BCUT2D eigenvalue weighted by Gasteiger charge is -2.08. The van der Waals surface area contributed by atoms with Gasteiger partial charge in [-0.2, -0.15) is 0 Å². The fraction of sp³-hybridized carbons (Fsp3) is 0.143. The number of carbonyl (C=O) groups excluding carboxylic acids is 1. The maximum atomic E-state index is 11.5. The van der Waals surface area contributed by atoms with Crippen molar-refractivity contribution in [2.45, 2.75) is 6.92 Å². The first-order valence-electron chi connectivity index (χ1n) is 5.68. The van der Waals surface area contributed by atoms with E-state index in [2.05, 4.69) is 9.72 Å². The standard InChI is InChI=1S/C14H14N2O3/c1-9-3-4-11(8-16-9)19-10-5-6-13(15)12(7-10)14(17)18-2/h3-8H,15H2,1-2H3. The number of aromatic nitrogens is 1. The lowest BCUT2D eigenvalue weighted by molar-refractivity contribution is 0.0601. The highest BCUT2D eigenvalue weighted by molar-refractivity contribution is 5.95. The number of ether oxygens (including phenoxy) is 2. The van der Waals surface area contributed by atoms with Gasteiger partial charge in [-0.25, -0.2) is 4.79 Å². The van der Waals surface area contributed by atoms with E-state index in [4.69, 9.17) is 10.5 Å². The highest BCUT2D eigenvalue weighted by Crippen LogP contribution is 2.25. The van der Waals surface area contributed by atoms with Gasteiger partial charge in [-0.15, -0.1) is 0 Å². The number of nitrogen functional groups attached to an aromatic ring is 1. The topological polar surface area (TPSA) is 74.4 Å². The van der Waals surface area contributed by atoms with Crippen LogP contribution >= 0.6 is 0 Å². The van der Waals surface area contributed by atoms with Crippen LogP contribution < -0.4 is 10.5 Å². The lowest BCUT2D eigenvalue weighted by Crippen LogP contribution is -2.05. The summed E-state index contributed by atoms with van der Waals surface area (Å²) >= 11 is 0. The Morgan fingerprint density at radius 2 is 1.95 bits per heavy atom. The Hall–Kier alpha value is -2.56. The molecule has 0 radical (unpaired) electrons. The van der Waals surface area contributed by atoms with Gasteiger partial charge in [-0.05, 0) is 37.3 Å². The molecule has 1 aromatic heterocycles. The summed E-state index contributed by atoms with van der Waals surface area (Å²) in [5.74, 6) is 0.594. The summed E-state index contributed by atoms with van der Waals surface area (Å²) in [4.78, 5) is 15.6. The average Bonchev–Trinajstić information content (AvgIpc) is 2.42. The molecule has 1 heterocycles. The Morgan fingerprint density at radius 1 is 1.21 bits per heavy atom. The molecule has 0 aliphatic carbocycles. The smallest absolute Gasteiger partial charge is 0.340 e. The quantitative estimate of drug-likeness (QED) is 0.676. The zero-order valence-electron chi connectivity index (χ0n) is 10.7. The van der Waals surface area contributed by atoms with Gasteiger partial charge in [0.1, 0.15) is 11.5 Å². The third kappa shape index (κ3) is 3.01. The molecule has 0 saturated carbocycles. The molecule has 0 unspecified atom stereocenters. The van der Waals surface area contributed by atoms with Gasteiger partial charge in [0.15, 0.2) is 0 Å². The Kier molecular flexibility index (Phi) is 3.66. The zero-order valence-corrected chi connectivity index (χ0v) is 10.7. The predicted octanol–water partition coefficient (Wildman–Crippen LogP) is 2.55. The zero-order chi connectivity index (χ0) is 13.8. The summed E-state index contributed by atoms with van der Waals surface area (Å²) < 4.78 is 10.2. The van der Waals surface area contributed by atoms with Crippen LogP contribution in [0.4, 0.5) is 5.69 Å². The van der Waals surface area contributed by atoms with E-state index in [0.717, 1.165) is 5.69 Å². The number of nitrogens with two attached hydrogens (primary N) is 1. The van der Waals surface area contributed by atoms with Crippen molar-refractivity contribution in [3.63, 3.8) is 0 Å². The van der Waals surface area contributed by atoms with Crippen LogP contribution in [-0.4, -0.2) is 18.1 Å². The summed E-state index contributed by atoms with van der Waals surface area (Å²) in [6.45, 7) is 1.89. The molecule has 0 amide bonds. The Morgan fingerprint density at radius 3 is 2.58 bits per heavy atom. The van der Waals surface area contributed by atoms with Gasteiger partial charge < -0.3 is 15.2 Å². The van der Waals surface area contributed by atoms with E-state index < -0.39 is 5.97 Å². The molecule has 0 aliphatic rings. The van der Waals surface area contributed by atoms with Gasteiger partial charge in [0, 0.05) is 11.4 Å². The second kappa shape index (κ2) is 5.39. The van der Waals surface area contributed by atoms with E-state index in [9.17, 15) is 4.79 Å². The Labute approximate surface area is 111 Å². The number of carbonyl (C=O) groups is 1. The summed E-state index contributed by atoms with van der Waals surface area (Å²) in [7, 11) is 1.30. The number of hydrogen-bond acceptors (Lipinski definition) is 5. The first kappa shape index (κ1) is 12.9. The van der Waals surface area contributed by atoms with E-state index in [1.807, 2.05) is 13.0 Å². The van der Waals surface area contributed by atoms with Crippen molar-refractivity contribution in [1.82, 2.24) is 4.98 Å². The predicted molar refractivity (Wildman–Crippen MR) is 71.2 cm³/mol. The molecule has 1 aromatic carbocycles. The van der Waals surface area contributed by atoms with Gasteiger partial charge in [-0.3, -0.25) is 4.98 Å². The van der Waals surface area contributed by atoms with Crippen molar-refractivity contribution in [3.05, 3.63) is 47.8 Å². The number of aryl methyl sites for hydroxylation is 1. The minimum atomic E-state index is -0.495. The molecule has 98 valence electrons. The molecular weight excluding hydrogens is 244 g/mol. The second-order valence-corrected chi connectivity index (χ2v) is 3.98. The van der Waals surface area contributed by atoms with E-state index in [1.165, 1.54) is 7.11 Å². The highest BCUT2D eigenvalue weighted by Gasteiger charge is 2.11. The molecule has 5 nitrogen and oxygen atoms in total. The van der Waals surface area contributed by atoms with Crippen LogP contribution in [0.15, 0.2) is 36.5 Å². The minimum Gasteiger partial charge on any atom is -0.465 e. The van der Waals surface area contributed by atoms with Gasteiger partial charge in [-0.1, -0.05) is 0 Å². The Bertz CT molecular complexity index is 594. The number of hydrogen-bond donors (Lipinski definition) is 1. The average molecular weight is 258 g/mol. The van der Waals surface area contributed by atoms with E-state index in [-0.39, 0.29) is 5.56 Å². The van der Waals surface area contributed by atoms with Crippen molar-refractivity contribution < 1.29 is 14.3 Å². The number of nitrogens with zero attached hydrogens (tertiary/aromatic N) is 1. The van der Waals surface area contributed by atoms with Gasteiger partial charge in [0.05, 0.1) is 18.9 Å². The molecule has 0 atom stereocenters. The summed E-state index contributed by atoms with van der Waals surface area (Å²) in [5, 5.41) is 0. The van der Waals surface area contributed by atoms with Crippen LogP contribution in [-0.2, 0) is 4.74 Å². The monoisotopic (exact) mass is 258 g/mol. The highest BCUT2D eigenvalue weighted by atomic mass is 16.5. The number of benzene rings is 1. The minimum absolute atomic E-state index is 0.278. The molecule has 0 bridgehead atoms. The first-order chi connectivity index (χ1) is 9.10. The van der Waals surface area contributed by atoms with Crippen LogP contribution in [0.1, 0.15) is 16.1 Å². The van der Waals surface area contributed by atoms with Crippen LogP contribution in [0.2, 0.25) is 0 Å². The molecule has 2 rings (SSSR count). The number of esters is 1. The van der Waals surface area contributed by atoms with Gasteiger partial charge in [0.2, 0.25) is 0 Å². The summed E-state index contributed by atoms with van der Waals surface area (Å²) in [6, 6.07) is 8.47. The van der Waals surface area contributed by atoms with E-state index >= 15 is 0 Å². The third-order valence-electron chi connectivity index (χ3n) is 2.55. The first-order valence-corrected chi connectivity index (χ1v) is 5.68. The molecule has 2 N–H and O–H groups in total. The molecule has 2 aromatic rings. The summed E-state index contributed by atoms with van der Waals surface area (Å²) in [6.07, 6.45) is 1.61. The normalized spacial score (nSPS) is 10.0. The number of methoxy groups -OCH3 is 1. The number of anilines is 1. The summed E-state index contributed by atoms with van der Waals surface area (Å²) in [5.41, 5.74) is 7.24. The number of rotatable bonds is 3. The van der Waals surface area contributed by atoms with E-state index in [0.29, 0.717) is 17.2 Å². The van der Waals surface area contributed by atoms with Crippen LogP contribution in [0.25, 0.3) is 0 Å². The number of pyridine rings is 1. The third-order valence-corrected chi connectivity index (χ3v) is 2.55. The van der Waals surface area contributed by atoms with E-state index in [1.54, 1.807) is 30.5 Å². The van der Waals surface area contributed by atoms with Crippen molar-refractivity contribution in [3.8, 4) is 11.5 Å². The van der Waals surface area contributed by atoms with Crippen molar-refractivity contribution >= 4 is 11.7 Å². The van der Waals surface area contributed by atoms with Gasteiger partial charge >= 0.3 is 5.97 Å².